The van der Waals surface area contributed by atoms with Crippen molar-refractivity contribution in [3.63, 3.8) is 0 Å². The third kappa shape index (κ3) is 3.84. The third-order valence-corrected chi connectivity index (χ3v) is 3.18. The Morgan fingerprint density at radius 1 is 1.65 bits per heavy atom. The Morgan fingerprint density at radius 2 is 2.29 bits per heavy atom. The Morgan fingerprint density at radius 3 is 2.76 bits per heavy atom. The molecule has 0 bridgehead atoms. The van der Waals surface area contributed by atoms with E-state index >= 15 is 0 Å². The number of hydrogen-bond acceptors (Lipinski definition) is 3. The van der Waals surface area contributed by atoms with Gasteiger partial charge in [0.15, 0.2) is 0 Å². The van der Waals surface area contributed by atoms with E-state index in [4.69, 9.17) is 0 Å². The van der Waals surface area contributed by atoms with Crippen molar-refractivity contribution in [3.05, 3.63) is 26.6 Å². The van der Waals surface area contributed by atoms with Crippen LogP contribution in [0.4, 0.5) is 8.78 Å². The summed E-state index contributed by atoms with van der Waals surface area (Å²) in [6.07, 6.45) is -2.83. The third-order valence-electron chi connectivity index (χ3n) is 2.10. The zero-order valence-electron chi connectivity index (χ0n) is 8.84. The Balaban J connectivity index is 3.25. The summed E-state index contributed by atoms with van der Waals surface area (Å²) in [5, 5.41) is 0.220. The van der Waals surface area contributed by atoms with Gasteiger partial charge in [-0.2, -0.15) is 0 Å². The monoisotopic (exact) mass is 419 g/mol. The number of aromatic nitrogens is 1. The van der Waals surface area contributed by atoms with E-state index in [1.807, 2.05) is 22.6 Å². The summed E-state index contributed by atoms with van der Waals surface area (Å²) in [5.74, 6) is -0.547. The summed E-state index contributed by atoms with van der Waals surface area (Å²) in [7, 11) is 1.22. The van der Waals surface area contributed by atoms with Crippen molar-refractivity contribution in [2.45, 2.75) is 18.2 Å². The number of nitrogens with zero attached hydrogens (tertiary/aromatic N) is 1. The van der Waals surface area contributed by atoms with Crippen molar-refractivity contribution >= 4 is 44.5 Å². The first-order valence-electron chi connectivity index (χ1n) is 4.58. The van der Waals surface area contributed by atoms with Crippen LogP contribution in [0.25, 0.3) is 0 Å². The zero-order valence-corrected chi connectivity index (χ0v) is 12.6. The fourth-order valence-corrected chi connectivity index (χ4v) is 2.46. The standard InChI is InChI=1S/C10H9BrF2INO2/c1-17-8(16)3-5-2-7(14)15-6(4-11)9(5)10(12)13/h2,10H,3-4H2,1H3. The molecule has 0 aliphatic carbocycles. The van der Waals surface area contributed by atoms with Gasteiger partial charge in [0.1, 0.15) is 3.70 Å². The first-order valence-corrected chi connectivity index (χ1v) is 6.78. The van der Waals surface area contributed by atoms with Gasteiger partial charge >= 0.3 is 5.97 Å². The number of esters is 1. The molecule has 0 radical (unpaired) electrons. The average Bonchev–Trinajstić information content (AvgIpc) is 2.27. The van der Waals surface area contributed by atoms with Crippen molar-refractivity contribution in [2.24, 2.45) is 0 Å². The smallest absolute Gasteiger partial charge is 0.309 e. The summed E-state index contributed by atoms with van der Waals surface area (Å²) in [5.41, 5.74) is 0.333. The summed E-state index contributed by atoms with van der Waals surface area (Å²) in [6, 6.07) is 1.48. The van der Waals surface area contributed by atoms with E-state index in [-0.39, 0.29) is 28.6 Å². The molecule has 17 heavy (non-hydrogen) atoms. The van der Waals surface area contributed by atoms with Crippen molar-refractivity contribution in [1.29, 1.82) is 0 Å². The molecule has 0 aliphatic heterocycles. The lowest BCUT2D eigenvalue weighted by molar-refractivity contribution is -0.139. The van der Waals surface area contributed by atoms with E-state index in [1.54, 1.807) is 0 Å². The highest BCUT2D eigenvalue weighted by molar-refractivity contribution is 14.1. The molecule has 1 heterocycles. The lowest BCUT2D eigenvalue weighted by atomic mass is 10.0. The van der Waals surface area contributed by atoms with Crippen LogP contribution in [0.3, 0.4) is 0 Å². The molecule has 0 aliphatic rings. The number of ether oxygens (including phenoxy) is 1. The highest BCUT2D eigenvalue weighted by Gasteiger charge is 2.21. The molecule has 94 valence electrons. The minimum atomic E-state index is -2.66. The lowest BCUT2D eigenvalue weighted by Gasteiger charge is -2.12. The molecule has 1 aromatic rings. The molecule has 0 N–H and O–H groups in total. The van der Waals surface area contributed by atoms with E-state index in [0.717, 1.165) is 0 Å². The number of halogens is 4. The van der Waals surface area contributed by atoms with E-state index in [9.17, 15) is 13.6 Å². The summed E-state index contributed by atoms with van der Waals surface area (Å²) in [6.45, 7) is 0. The first kappa shape index (κ1) is 14.7. The molecule has 0 fully saturated rings. The molecule has 3 nitrogen and oxygen atoms in total. The predicted octanol–water partition coefficient (Wildman–Crippen LogP) is 3.23. The van der Waals surface area contributed by atoms with Crippen molar-refractivity contribution < 1.29 is 18.3 Å². The van der Waals surface area contributed by atoms with E-state index in [2.05, 4.69) is 25.7 Å². The van der Waals surface area contributed by atoms with Crippen LogP contribution >= 0.6 is 38.5 Å². The molecule has 0 amide bonds. The van der Waals surface area contributed by atoms with Crippen LogP contribution < -0.4 is 0 Å². The normalized spacial score (nSPS) is 10.7. The molecule has 1 aromatic heterocycles. The van der Waals surface area contributed by atoms with Crippen LogP contribution in [0.1, 0.15) is 23.2 Å². The van der Waals surface area contributed by atoms with Crippen LogP contribution in [0.5, 0.6) is 0 Å². The number of alkyl halides is 3. The second-order valence-electron chi connectivity index (χ2n) is 3.15. The van der Waals surface area contributed by atoms with Crippen LogP contribution in [-0.2, 0) is 21.3 Å². The summed E-state index contributed by atoms with van der Waals surface area (Å²) < 4.78 is 30.9. The molecular formula is C10H9BrF2INO2. The topological polar surface area (TPSA) is 39.2 Å². The van der Waals surface area contributed by atoms with E-state index < -0.39 is 12.4 Å². The van der Waals surface area contributed by atoms with Gasteiger partial charge in [-0.1, -0.05) is 15.9 Å². The van der Waals surface area contributed by atoms with Gasteiger partial charge < -0.3 is 4.74 Å². The van der Waals surface area contributed by atoms with Crippen LogP contribution in [0, 0.1) is 3.70 Å². The number of hydrogen-bond donors (Lipinski definition) is 0. The van der Waals surface area contributed by atoms with Gasteiger partial charge in [0.2, 0.25) is 0 Å². The number of carbonyl (C=O) groups is 1. The largest absolute Gasteiger partial charge is 0.469 e. The fourth-order valence-electron chi connectivity index (χ4n) is 1.37. The van der Waals surface area contributed by atoms with Crippen LogP contribution in [0.15, 0.2) is 6.07 Å². The lowest BCUT2D eigenvalue weighted by Crippen LogP contribution is -2.10. The minimum Gasteiger partial charge on any atom is -0.469 e. The van der Waals surface area contributed by atoms with Gasteiger partial charge in [-0.3, -0.25) is 4.79 Å². The Bertz CT molecular complexity index is 429. The number of methoxy groups -OCH3 is 1. The molecule has 0 aromatic carbocycles. The van der Waals surface area contributed by atoms with E-state index in [1.165, 1.54) is 13.2 Å². The van der Waals surface area contributed by atoms with Crippen molar-refractivity contribution in [3.8, 4) is 0 Å². The predicted molar refractivity (Wildman–Crippen MR) is 70.3 cm³/mol. The van der Waals surface area contributed by atoms with Gasteiger partial charge in [-0.15, -0.1) is 0 Å². The van der Waals surface area contributed by atoms with Gasteiger partial charge in [-0.25, -0.2) is 13.8 Å². The van der Waals surface area contributed by atoms with Gasteiger partial charge in [-0.05, 0) is 34.2 Å². The number of rotatable bonds is 4. The Labute approximate surface area is 119 Å². The second kappa shape index (κ2) is 6.58. The van der Waals surface area contributed by atoms with Crippen LogP contribution in [-0.4, -0.2) is 18.1 Å². The Hall–Kier alpha value is -0.310. The minimum absolute atomic E-state index is 0.172. The molecular weight excluding hydrogens is 411 g/mol. The maximum absolute atomic E-state index is 12.9. The SMILES string of the molecule is COC(=O)Cc1cc(I)nc(CBr)c1C(F)F. The molecule has 1 rings (SSSR count). The Kier molecular flexibility index (Phi) is 5.71. The molecule has 0 saturated heterocycles. The van der Waals surface area contributed by atoms with Crippen LogP contribution in [0.2, 0.25) is 0 Å². The van der Waals surface area contributed by atoms with Crippen molar-refractivity contribution in [1.82, 2.24) is 4.98 Å². The number of pyridine rings is 1. The van der Waals surface area contributed by atoms with Gasteiger partial charge in [0, 0.05) is 10.9 Å². The molecule has 0 unspecified atom stereocenters. The summed E-state index contributed by atoms with van der Waals surface area (Å²) in [4.78, 5) is 15.2. The molecule has 7 heteroatoms. The number of carbonyl (C=O) groups excluding carboxylic acids is 1. The first-order chi connectivity index (χ1) is 7.99. The highest BCUT2D eigenvalue weighted by Crippen LogP contribution is 2.28. The maximum atomic E-state index is 12.9. The molecule has 0 spiro atoms. The average molecular weight is 420 g/mol. The van der Waals surface area contributed by atoms with Crippen molar-refractivity contribution in [2.75, 3.05) is 7.11 Å². The quantitative estimate of drug-likeness (QED) is 0.325. The second-order valence-corrected chi connectivity index (χ2v) is 4.82. The van der Waals surface area contributed by atoms with Gasteiger partial charge in [0.05, 0.1) is 19.2 Å². The van der Waals surface area contributed by atoms with E-state index in [0.29, 0.717) is 3.70 Å². The molecule has 0 saturated carbocycles. The molecule has 0 atom stereocenters. The maximum Gasteiger partial charge on any atom is 0.309 e. The highest BCUT2D eigenvalue weighted by atomic mass is 127. The zero-order chi connectivity index (χ0) is 13.0. The summed E-state index contributed by atoms with van der Waals surface area (Å²) >= 11 is 5.04. The fraction of sp³-hybridized carbons (Fsp3) is 0.400. The van der Waals surface area contributed by atoms with Gasteiger partial charge in [0.25, 0.3) is 6.43 Å².